The van der Waals surface area contributed by atoms with Crippen LogP contribution in [0.2, 0.25) is 0 Å². The summed E-state index contributed by atoms with van der Waals surface area (Å²) in [6.45, 7) is 2.01. The number of piperidine rings is 1. The second-order valence-electron chi connectivity index (χ2n) is 8.33. The van der Waals surface area contributed by atoms with Gasteiger partial charge in [-0.1, -0.05) is 24.6 Å². The largest absolute Gasteiger partial charge is 0.491 e. The molecule has 2 aliphatic heterocycles. The van der Waals surface area contributed by atoms with Crippen molar-refractivity contribution >= 4 is 17.8 Å². The van der Waals surface area contributed by atoms with E-state index < -0.39 is 11.4 Å². The topological polar surface area (TPSA) is 95.9 Å². The first-order chi connectivity index (χ1) is 14.5. The highest BCUT2D eigenvalue weighted by atomic mass is 16.5. The van der Waals surface area contributed by atoms with E-state index in [1.807, 2.05) is 18.2 Å². The van der Waals surface area contributed by atoms with Gasteiger partial charge in [-0.15, -0.1) is 0 Å². The normalized spacial score (nSPS) is 19.6. The van der Waals surface area contributed by atoms with Gasteiger partial charge in [-0.2, -0.15) is 0 Å². The second kappa shape index (κ2) is 10.5. The maximum atomic E-state index is 13.0. The van der Waals surface area contributed by atoms with Crippen LogP contribution in [0.15, 0.2) is 24.3 Å². The molecule has 0 unspecified atom stereocenters. The first-order valence-corrected chi connectivity index (χ1v) is 11.0. The molecule has 3 rings (SSSR count). The minimum atomic E-state index is -0.878. The molecule has 7 nitrogen and oxygen atoms in total. The summed E-state index contributed by atoms with van der Waals surface area (Å²) in [5.41, 5.74) is 0.775. The fraction of sp³-hybridized carbons (Fsp3) is 0.609. The lowest BCUT2D eigenvalue weighted by molar-refractivity contribution is -0.141. The van der Waals surface area contributed by atoms with Crippen LogP contribution in [0.1, 0.15) is 56.9 Å². The number of ether oxygens (including phenoxy) is 1. The molecular weight excluding hydrogens is 384 g/mol. The van der Waals surface area contributed by atoms with Crippen LogP contribution >= 0.6 is 0 Å². The number of fused-ring (bicyclic) bond motifs is 1. The standard InChI is InChI=1S/C23H32N2O5/c26-20(9-5-10-21(27)28)25-15-12-23(13-16-25)11-4-3-7-18-6-1-2-8-19(18)30-17-14-24-22(23)29/h1-2,6,8H,3-5,7,9-17H2,(H,24,29)(H,27,28). The number of hydrogen-bond donors (Lipinski definition) is 2. The summed E-state index contributed by atoms with van der Waals surface area (Å²) in [5.74, 6) is 0.0799. The molecule has 0 aliphatic carbocycles. The van der Waals surface area contributed by atoms with E-state index in [0.29, 0.717) is 45.5 Å². The lowest BCUT2D eigenvalue weighted by atomic mass is 9.73. The number of hydrogen-bond acceptors (Lipinski definition) is 4. The number of carboxylic acid groups (broad SMARTS) is 1. The highest BCUT2D eigenvalue weighted by Gasteiger charge is 2.41. The van der Waals surface area contributed by atoms with Crippen molar-refractivity contribution in [1.82, 2.24) is 10.2 Å². The Balaban J connectivity index is 1.58. The Labute approximate surface area is 177 Å². The average Bonchev–Trinajstić information content (AvgIpc) is 2.74. The lowest BCUT2D eigenvalue weighted by Gasteiger charge is -2.41. The summed E-state index contributed by atoms with van der Waals surface area (Å²) in [6.07, 6.45) is 5.63. The predicted octanol–water partition coefficient (Wildman–Crippen LogP) is 2.77. The van der Waals surface area contributed by atoms with Gasteiger partial charge in [-0.25, -0.2) is 0 Å². The van der Waals surface area contributed by atoms with Gasteiger partial charge >= 0.3 is 5.97 Å². The first kappa shape index (κ1) is 22.1. The molecule has 1 fully saturated rings. The molecule has 164 valence electrons. The van der Waals surface area contributed by atoms with Crippen LogP contribution in [0, 0.1) is 5.41 Å². The van der Waals surface area contributed by atoms with E-state index in [0.717, 1.165) is 31.4 Å². The molecule has 1 aromatic carbocycles. The summed E-state index contributed by atoms with van der Waals surface area (Å²) in [4.78, 5) is 37.8. The van der Waals surface area contributed by atoms with Gasteiger partial charge in [0.25, 0.3) is 0 Å². The molecule has 2 N–H and O–H groups in total. The Morgan fingerprint density at radius 1 is 1.10 bits per heavy atom. The van der Waals surface area contributed by atoms with Crippen LogP contribution in [-0.2, 0) is 20.8 Å². The van der Waals surface area contributed by atoms with Crippen LogP contribution in [0.25, 0.3) is 0 Å². The second-order valence-corrected chi connectivity index (χ2v) is 8.33. The molecular formula is C23H32N2O5. The van der Waals surface area contributed by atoms with Gasteiger partial charge < -0.3 is 20.1 Å². The van der Waals surface area contributed by atoms with Crippen molar-refractivity contribution in [3.63, 3.8) is 0 Å². The van der Waals surface area contributed by atoms with Crippen molar-refractivity contribution in [2.45, 2.75) is 57.8 Å². The monoisotopic (exact) mass is 416 g/mol. The SMILES string of the molecule is O=C(O)CCCC(=O)N1CCC2(CCCCc3ccccc3OCCNC2=O)CC1. The van der Waals surface area contributed by atoms with Crippen LogP contribution in [-0.4, -0.2) is 54.0 Å². The molecule has 0 atom stereocenters. The summed E-state index contributed by atoms with van der Waals surface area (Å²) in [7, 11) is 0. The van der Waals surface area contributed by atoms with E-state index in [9.17, 15) is 14.4 Å². The zero-order valence-corrected chi connectivity index (χ0v) is 17.5. The Bertz CT molecular complexity index is 756. The van der Waals surface area contributed by atoms with E-state index in [2.05, 4.69) is 11.4 Å². The number of para-hydroxylation sites is 1. The Morgan fingerprint density at radius 3 is 2.63 bits per heavy atom. The number of aliphatic carboxylic acids is 1. The molecule has 1 spiro atoms. The van der Waals surface area contributed by atoms with Crippen molar-refractivity contribution in [2.24, 2.45) is 5.41 Å². The molecule has 0 radical (unpaired) electrons. The van der Waals surface area contributed by atoms with Crippen molar-refractivity contribution in [3.05, 3.63) is 29.8 Å². The van der Waals surface area contributed by atoms with Gasteiger partial charge in [-0.05, 0) is 50.2 Å². The third-order valence-corrected chi connectivity index (χ3v) is 6.31. The maximum absolute atomic E-state index is 13.0. The molecule has 2 heterocycles. The maximum Gasteiger partial charge on any atom is 0.303 e. The van der Waals surface area contributed by atoms with E-state index in [4.69, 9.17) is 9.84 Å². The highest BCUT2D eigenvalue weighted by Crippen LogP contribution is 2.38. The number of amides is 2. The number of carboxylic acids is 1. The number of rotatable bonds is 4. The molecule has 0 saturated carbocycles. The Morgan fingerprint density at radius 2 is 1.87 bits per heavy atom. The van der Waals surface area contributed by atoms with Gasteiger partial charge in [0.05, 0.1) is 12.0 Å². The Hall–Kier alpha value is -2.57. The average molecular weight is 417 g/mol. The summed E-state index contributed by atoms with van der Waals surface area (Å²) in [5, 5.41) is 11.8. The number of aryl methyl sites for hydroxylation is 1. The molecule has 30 heavy (non-hydrogen) atoms. The number of benzene rings is 1. The number of carbonyl (C=O) groups is 3. The van der Waals surface area contributed by atoms with Gasteiger partial charge in [0.1, 0.15) is 12.4 Å². The van der Waals surface area contributed by atoms with Crippen molar-refractivity contribution in [2.75, 3.05) is 26.2 Å². The fourth-order valence-corrected chi connectivity index (χ4v) is 4.47. The Kier molecular flexibility index (Phi) is 7.71. The molecule has 0 aromatic heterocycles. The van der Waals surface area contributed by atoms with Gasteiger partial charge in [-0.3, -0.25) is 14.4 Å². The molecule has 7 heteroatoms. The predicted molar refractivity (Wildman–Crippen MR) is 112 cm³/mol. The van der Waals surface area contributed by atoms with Crippen molar-refractivity contribution in [3.8, 4) is 5.75 Å². The van der Waals surface area contributed by atoms with Gasteiger partial charge in [0.15, 0.2) is 0 Å². The molecule has 2 aliphatic rings. The van der Waals surface area contributed by atoms with Gasteiger partial charge in [0, 0.05) is 25.9 Å². The molecule has 2 amide bonds. The van der Waals surface area contributed by atoms with E-state index in [1.54, 1.807) is 4.90 Å². The van der Waals surface area contributed by atoms with Crippen LogP contribution in [0.4, 0.5) is 0 Å². The summed E-state index contributed by atoms with van der Waals surface area (Å²) < 4.78 is 5.88. The van der Waals surface area contributed by atoms with Crippen molar-refractivity contribution in [1.29, 1.82) is 0 Å². The third kappa shape index (κ3) is 5.74. The minimum absolute atomic E-state index is 0.00957. The fourth-order valence-electron chi connectivity index (χ4n) is 4.47. The number of nitrogens with zero attached hydrogens (tertiary/aromatic N) is 1. The highest BCUT2D eigenvalue weighted by molar-refractivity contribution is 5.83. The van der Waals surface area contributed by atoms with Crippen molar-refractivity contribution < 1.29 is 24.2 Å². The molecule has 1 aromatic rings. The van der Waals surface area contributed by atoms with E-state index >= 15 is 0 Å². The lowest BCUT2D eigenvalue weighted by Crippen LogP contribution is -2.50. The smallest absolute Gasteiger partial charge is 0.303 e. The number of nitrogens with one attached hydrogen (secondary N) is 1. The van der Waals surface area contributed by atoms with Crippen LogP contribution in [0.3, 0.4) is 0 Å². The molecule has 1 saturated heterocycles. The molecule has 0 bridgehead atoms. The zero-order chi connectivity index (χ0) is 21.4. The number of likely N-dealkylation sites (tertiary alicyclic amines) is 1. The first-order valence-electron chi connectivity index (χ1n) is 11.0. The quantitative estimate of drug-likeness (QED) is 0.787. The number of carbonyl (C=O) groups excluding carboxylic acids is 2. The van der Waals surface area contributed by atoms with E-state index in [-0.39, 0.29) is 24.7 Å². The summed E-state index contributed by atoms with van der Waals surface area (Å²) >= 11 is 0. The van der Waals surface area contributed by atoms with E-state index in [1.165, 1.54) is 5.56 Å². The van der Waals surface area contributed by atoms with Crippen LogP contribution < -0.4 is 10.1 Å². The van der Waals surface area contributed by atoms with Crippen LogP contribution in [0.5, 0.6) is 5.75 Å². The summed E-state index contributed by atoms with van der Waals surface area (Å²) in [6, 6.07) is 8.08. The van der Waals surface area contributed by atoms with Gasteiger partial charge in [0.2, 0.25) is 11.8 Å². The zero-order valence-electron chi connectivity index (χ0n) is 17.5. The minimum Gasteiger partial charge on any atom is -0.491 e. The third-order valence-electron chi connectivity index (χ3n) is 6.31.